The molecule has 0 fully saturated rings. The van der Waals surface area contributed by atoms with Crippen LogP contribution in [0.1, 0.15) is 5.56 Å². The summed E-state index contributed by atoms with van der Waals surface area (Å²) in [6.07, 6.45) is 2.29. The van der Waals surface area contributed by atoms with Crippen LogP contribution in [-0.4, -0.2) is 24.4 Å². The lowest BCUT2D eigenvalue weighted by Crippen LogP contribution is -2.04. The highest BCUT2D eigenvalue weighted by Gasteiger charge is 2.34. The second-order valence-electron chi connectivity index (χ2n) is 4.06. The monoisotopic (exact) mass is 267 g/mol. The Labute approximate surface area is 105 Å². The fourth-order valence-electron chi connectivity index (χ4n) is 1.80. The lowest BCUT2D eigenvalue weighted by atomic mass is 10.2. The van der Waals surface area contributed by atoms with E-state index < -0.39 is 11.7 Å². The lowest BCUT2D eigenvalue weighted by Gasteiger charge is -2.03. The normalized spacial score (nSPS) is 12.2. The third kappa shape index (κ3) is 1.94. The van der Waals surface area contributed by atoms with E-state index in [1.807, 2.05) is 0 Å². The van der Waals surface area contributed by atoms with Crippen molar-refractivity contribution in [1.29, 1.82) is 0 Å². The van der Waals surface area contributed by atoms with Crippen LogP contribution in [0.15, 0.2) is 31.0 Å². The Morgan fingerprint density at radius 2 is 1.84 bits per heavy atom. The van der Waals surface area contributed by atoms with Crippen molar-refractivity contribution in [2.24, 2.45) is 7.05 Å². The first-order chi connectivity index (χ1) is 8.95. The number of aromatic nitrogens is 5. The summed E-state index contributed by atoms with van der Waals surface area (Å²) in [7, 11) is 1.75. The maximum atomic E-state index is 12.7. The number of hydrogen-bond donors (Lipinski definition) is 0. The molecule has 0 N–H and O–H groups in total. The van der Waals surface area contributed by atoms with Gasteiger partial charge in [0.05, 0.1) is 36.0 Å². The van der Waals surface area contributed by atoms with Gasteiger partial charge in [0.25, 0.3) is 0 Å². The third-order valence-corrected chi connectivity index (χ3v) is 2.71. The lowest BCUT2D eigenvalue weighted by molar-refractivity contribution is -0.136. The van der Waals surface area contributed by atoms with Crippen molar-refractivity contribution in [2.75, 3.05) is 0 Å². The number of hydrogen-bond acceptors (Lipinski definition) is 3. The van der Waals surface area contributed by atoms with Crippen molar-refractivity contribution >= 4 is 5.52 Å². The van der Waals surface area contributed by atoms with Gasteiger partial charge in [0.15, 0.2) is 0 Å². The van der Waals surface area contributed by atoms with E-state index in [1.54, 1.807) is 24.1 Å². The largest absolute Gasteiger partial charge is 0.420 e. The summed E-state index contributed by atoms with van der Waals surface area (Å²) >= 11 is 0. The molecule has 0 amide bonds. The van der Waals surface area contributed by atoms with Gasteiger partial charge in [0.2, 0.25) is 0 Å². The quantitative estimate of drug-likeness (QED) is 0.678. The second-order valence-corrected chi connectivity index (χ2v) is 4.06. The molecule has 0 radical (unpaired) electrons. The highest BCUT2D eigenvalue weighted by molar-refractivity contribution is 5.61. The van der Waals surface area contributed by atoms with Crippen LogP contribution in [0.3, 0.4) is 0 Å². The molecule has 0 aliphatic heterocycles. The molecule has 3 heterocycles. The molecule has 0 aliphatic carbocycles. The zero-order valence-electron chi connectivity index (χ0n) is 9.76. The summed E-state index contributed by atoms with van der Waals surface area (Å²) in [6.45, 7) is 0. The van der Waals surface area contributed by atoms with E-state index in [0.717, 1.165) is 16.9 Å². The van der Waals surface area contributed by atoms with E-state index >= 15 is 0 Å². The van der Waals surface area contributed by atoms with E-state index in [9.17, 15) is 13.2 Å². The molecule has 0 unspecified atom stereocenters. The molecule has 3 aromatic heterocycles. The van der Waals surface area contributed by atoms with Gasteiger partial charge in [-0.25, -0.2) is 4.52 Å². The zero-order chi connectivity index (χ0) is 13.6. The van der Waals surface area contributed by atoms with Crippen molar-refractivity contribution in [3.8, 4) is 11.3 Å². The highest BCUT2D eigenvalue weighted by Crippen LogP contribution is 2.32. The van der Waals surface area contributed by atoms with Gasteiger partial charge >= 0.3 is 6.18 Å². The van der Waals surface area contributed by atoms with Crippen LogP contribution in [0.4, 0.5) is 13.2 Å². The predicted molar refractivity (Wildman–Crippen MR) is 60.2 cm³/mol. The number of aryl methyl sites for hydroxylation is 1. The summed E-state index contributed by atoms with van der Waals surface area (Å²) in [6, 6.07) is 0. The Balaban J connectivity index is 2.13. The van der Waals surface area contributed by atoms with Gasteiger partial charge in [-0.2, -0.15) is 23.4 Å². The summed E-state index contributed by atoms with van der Waals surface area (Å²) in [4.78, 5) is 4.02. The Bertz CT molecular complexity index is 740. The van der Waals surface area contributed by atoms with Gasteiger partial charge in [-0.1, -0.05) is 0 Å². The molecule has 0 saturated heterocycles. The highest BCUT2D eigenvalue weighted by atomic mass is 19.4. The first-order valence-corrected chi connectivity index (χ1v) is 5.35. The molecule has 8 heteroatoms. The molecule has 0 atom stereocenters. The summed E-state index contributed by atoms with van der Waals surface area (Å²) in [5.74, 6) is 0. The van der Waals surface area contributed by atoms with Crippen molar-refractivity contribution in [3.63, 3.8) is 0 Å². The molecule has 19 heavy (non-hydrogen) atoms. The Hall–Kier alpha value is -2.38. The van der Waals surface area contributed by atoms with Crippen molar-refractivity contribution in [2.45, 2.75) is 6.18 Å². The average Bonchev–Trinajstić information content (AvgIpc) is 2.92. The summed E-state index contributed by atoms with van der Waals surface area (Å²) in [5.41, 5.74) is 0.365. The van der Waals surface area contributed by atoms with Crippen LogP contribution in [0, 0.1) is 0 Å². The minimum absolute atomic E-state index is 0.0693. The van der Waals surface area contributed by atoms with E-state index in [2.05, 4.69) is 15.2 Å². The maximum Gasteiger partial charge on any atom is 0.420 e. The fraction of sp³-hybridized carbons (Fsp3) is 0.182. The van der Waals surface area contributed by atoms with Gasteiger partial charge in [-0.3, -0.25) is 9.67 Å². The Morgan fingerprint density at radius 1 is 1.05 bits per heavy atom. The minimum Gasteiger partial charge on any atom is -0.275 e. The second kappa shape index (κ2) is 3.81. The van der Waals surface area contributed by atoms with Gasteiger partial charge in [0, 0.05) is 18.8 Å². The zero-order valence-corrected chi connectivity index (χ0v) is 9.76. The van der Waals surface area contributed by atoms with Crippen molar-refractivity contribution in [3.05, 3.63) is 36.5 Å². The van der Waals surface area contributed by atoms with Crippen LogP contribution < -0.4 is 0 Å². The van der Waals surface area contributed by atoms with Crippen molar-refractivity contribution in [1.82, 2.24) is 24.4 Å². The molecular formula is C11H8F3N5. The Kier molecular flexibility index (Phi) is 2.34. The van der Waals surface area contributed by atoms with Crippen molar-refractivity contribution < 1.29 is 13.2 Å². The predicted octanol–water partition coefficient (Wildman–Crippen LogP) is 2.15. The molecule has 0 spiro atoms. The van der Waals surface area contributed by atoms with E-state index in [-0.39, 0.29) is 5.52 Å². The maximum absolute atomic E-state index is 12.7. The van der Waals surface area contributed by atoms with E-state index in [0.29, 0.717) is 11.3 Å². The molecule has 3 rings (SSSR count). The molecule has 0 bridgehead atoms. The summed E-state index contributed by atoms with van der Waals surface area (Å²) in [5, 5.41) is 7.69. The van der Waals surface area contributed by atoms with E-state index in [4.69, 9.17) is 0 Å². The van der Waals surface area contributed by atoms with Gasteiger partial charge in [0.1, 0.15) is 5.56 Å². The van der Waals surface area contributed by atoms with Gasteiger partial charge in [-0.15, -0.1) is 0 Å². The third-order valence-electron chi connectivity index (χ3n) is 2.71. The van der Waals surface area contributed by atoms with E-state index in [1.165, 1.54) is 6.20 Å². The van der Waals surface area contributed by atoms with Crippen LogP contribution in [0.5, 0.6) is 0 Å². The van der Waals surface area contributed by atoms with Crippen LogP contribution in [0.2, 0.25) is 0 Å². The molecule has 98 valence electrons. The minimum atomic E-state index is -4.43. The first-order valence-electron chi connectivity index (χ1n) is 5.35. The van der Waals surface area contributed by atoms with Gasteiger partial charge in [-0.05, 0) is 0 Å². The van der Waals surface area contributed by atoms with Gasteiger partial charge < -0.3 is 0 Å². The van der Waals surface area contributed by atoms with Crippen LogP contribution in [-0.2, 0) is 13.2 Å². The number of alkyl halides is 3. The number of nitrogens with zero attached hydrogens (tertiary/aromatic N) is 5. The molecule has 0 aromatic carbocycles. The molecule has 5 nitrogen and oxygen atoms in total. The Morgan fingerprint density at radius 3 is 2.47 bits per heavy atom. The number of rotatable bonds is 1. The number of halogens is 3. The standard InChI is InChI=1S/C11H8F3N5/c1-18-5-7(2-16-18)9-6-19-10(4-15-9)8(3-17-19)11(12,13)14/h2-6H,1H3. The SMILES string of the molecule is Cn1cc(-c2cn3ncc(C(F)(F)F)c3cn2)cn1. The molecule has 0 aliphatic rings. The molecule has 3 aromatic rings. The fourth-order valence-corrected chi connectivity index (χ4v) is 1.80. The van der Waals surface area contributed by atoms with Crippen LogP contribution in [0.25, 0.3) is 16.8 Å². The number of fused-ring (bicyclic) bond motifs is 1. The molecular weight excluding hydrogens is 259 g/mol. The molecule has 0 saturated carbocycles. The van der Waals surface area contributed by atoms with Crippen LogP contribution >= 0.6 is 0 Å². The first kappa shape index (κ1) is 11.7. The summed E-state index contributed by atoms with van der Waals surface area (Å²) < 4.78 is 40.8. The smallest absolute Gasteiger partial charge is 0.275 e. The topological polar surface area (TPSA) is 48.0 Å². The average molecular weight is 267 g/mol.